The molecule has 8 heteroatoms. The van der Waals surface area contributed by atoms with Crippen molar-refractivity contribution in [1.82, 2.24) is 24.1 Å². The van der Waals surface area contributed by atoms with Crippen molar-refractivity contribution in [3.63, 3.8) is 0 Å². The Morgan fingerprint density at radius 2 is 2.00 bits per heavy atom. The van der Waals surface area contributed by atoms with Gasteiger partial charge in [-0.1, -0.05) is 19.3 Å². The molecule has 1 aromatic carbocycles. The van der Waals surface area contributed by atoms with Gasteiger partial charge in [-0.3, -0.25) is 9.36 Å². The molecule has 2 aliphatic rings. The zero-order valence-corrected chi connectivity index (χ0v) is 18.1. The van der Waals surface area contributed by atoms with Crippen LogP contribution in [0.2, 0.25) is 0 Å². The van der Waals surface area contributed by atoms with Crippen LogP contribution in [-0.2, 0) is 0 Å². The Hall–Kier alpha value is -3.13. The summed E-state index contributed by atoms with van der Waals surface area (Å²) < 4.78 is 4.32. The summed E-state index contributed by atoms with van der Waals surface area (Å²) in [6.45, 7) is 1.74. The van der Waals surface area contributed by atoms with Crippen molar-refractivity contribution in [2.45, 2.75) is 44.6 Å². The molecule has 3 aromatic heterocycles. The SMILES string of the molecule is O=c1[nH]cnc2c1c(N1CC[C@H](CO)C1)cn2-c1ccc2c(c1)ncn2C1CCCCC1. The summed E-state index contributed by atoms with van der Waals surface area (Å²) in [6.07, 6.45) is 12.7. The second-order valence-corrected chi connectivity index (χ2v) is 9.21. The molecular weight excluding hydrogens is 404 g/mol. The standard InChI is InChI=1S/C24H28N6O2/c31-13-16-8-9-28(11-16)21-12-29(23-22(21)24(32)26-14-25-23)18-6-7-20-19(10-18)27-15-30(20)17-4-2-1-3-5-17/h6-7,10,12,14-17,31H,1-5,8-9,11,13H2,(H,25,26,32)/t16-/m0/s1. The Bertz CT molecular complexity index is 1330. The summed E-state index contributed by atoms with van der Waals surface area (Å²) >= 11 is 0. The normalized spacial score (nSPS) is 20.0. The minimum absolute atomic E-state index is 0.140. The molecule has 1 aliphatic heterocycles. The molecule has 6 rings (SSSR count). The lowest BCUT2D eigenvalue weighted by Gasteiger charge is -2.23. The fraction of sp³-hybridized carbons (Fsp3) is 0.458. The Balaban J connectivity index is 1.44. The quantitative estimate of drug-likeness (QED) is 0.516. The molecule has 166 valence electrons. The van der Waals surface area contributed by atoms with Gasteiger partial charge in [0, 0.05) is 43.5 Å². The van der Waals surface area contributed by atoms with E-state index in [9.17, 15) is 9.90 Å². The molecule has 2 fully saturated rings. The lowest BCUT2D eigenvalue weighted by Crippen LogP contribution is -2.21. The van der Waals surface area contributed by atoms with E-state index in [1.54, 1.807) is 0 Å². The predicted molar refractivity (Wildman–Crippen MR) is 125 cm³/mol. The average molecular weight is 433 g/mol. The zero-order chi connectivity index (χ0) is 21.7. The number of aromatic nitrogens is 5. The minimum Gasteiger partial charge on any atom is -0.396 e. The van der Waals surface area contributed by atoms with E-state index in [0.29, 0.717) is 17.1 Å². The highest BCUT2D eigenvalue weighted by atomic mass is 16.3. The third-order valence-corrected chi connectivity index (χ3v) is 7.26. The van der Waals surface area contributed by atoms with Crippen LogP contribution in [0.15, 0.2) is 41.8 Å². The van der Waals surface area contributed by atoms with Gasteiger partial charge in [-0.15, -0.1) is 0 Å². The largest absolute Gasteiger partial charge is 0.396 e. The summed E-state index contributed by atoms with van der Waals surface area (Å²) in [5, 5.41) is 10.2. The molecule has 1 aliphatic carbocycles. The van der Waals surface area contributed by atoms with E-state index in [2.05, 4.69) is 37.6 Å². The molecule has 0 amide bonds. The van der Waals surface area contributed by atoms with Crippen molar-refractivity contribution in [2.75, 3.05) is 24.6 Å². The van der Waals surface area contributed by atoms with E-state index in [4.69, 9.17) is 4.98 Å². The Labute approximate surface area is 185 Å². The summed E-state index contributed by atoms with van der Waals surface area (Å²) in [4.78, 5) is 26.9. The summed E-state index contributed by atoms with van der Waals surface area (Å²) in [7, 11) is 0. The van der Waals surface area contributed by atoms with Crippen LogP contribution in [0.1, 0.15) is 44.6 Å². The third-order valence-electron chi connectivity index (χ3n) is 7.26. The van der Waals surface area contributed by atoms with E-state index in [1.165, 1.54) is 38.4 Å². The van der Waals surface area contributed by atoms with Gasteiger partial charge in [0.1, 0.15) is 5.39 Å². The van der Waals surface area contributed by atoms with Crippen LogP contribution in [-0.4, -0.2) is 48.9 Å². The summed E-state index contributed by atoms with van der Waals surface area (Å²) in [5.41, 5.74) is 4.44. The molecule has 0 unspecified atom stereocenters. The molecule has 4 aromatic rings. The van der Waals surface area contributed by atoms with Gasteiger partial charge in [0.25, 0.3) is 5.56 Å². The number of nitrogens with zero attached hydrogens (tertiary/aromatic N) is 5. The highest BCUT2D eigenvalue weighted by molar-refractivity contribution is 5.92. The fourth-order valence-electron chi connectivity index (χ4n) is 5.51. The van der Waals surface area contributed by atoms with E-state index in [0.717, 1.165) is 41.9 Å². The number of nitrogens with one attached hydrogen (secondary N) is 1. The number of aliphatic hydroxyl groups excluding tert-OH is 1. The number of fused-ring (bicyclic) bond motifs is 2. The first-order valence-electron chi connectivity index (χ1n) is 11.6. The smallest absolute Gasteiger partial charge is 0.262 e. The monoisotopic (exact) mass is 432 g/mol. The molecule has 1 saturated heterocycles. The molecule has 8 nitrogen and oxygen atoms in total. The maximum Gasteiger partial charge on any atom is 0.262 e. The van der Waals surface area contributed by atoms with Gasteiger partial charge in [0.15, 0.2) is 5.65 Å². The number of anilines is 1. The van der Waals surface area contributed by atoms with E-state index in [-0.39, 0.29) is 18.1 Å². The predicted octanol–water partition coefficient (Wildman–Crippen LogP) is 3.39. The molecule has 1 atom stereocenters. The van der Waals surface area contributed by atoms with Crippen molar-refractivity contribution in [1.29, 1.82) is 0 Å². The number of aromatic amines is 1. The minimum atomic E-state index is -0.140. The number of hydrogen-bond donors (Lipinski definition) is 2. The molecule has 4 heterocycles. The molecule has 32 heavy (non-hydrogen) atoms. The van der Waals surface area contributed by atoms with Crippen LogP contribution < -0.4 is 10.5 Å². The van der Waals surface area contributed by atoms with Gasteiger partial charge in [0.2, 0.25) is 0 Å². The van der Waals surface area contributed by atoms with Gasteiger partial charge in [-0.25, -0.2) is 9.97 Å². The number of imidazole rings is 1. The highest BCUT2D eigenvalue weighted by Gasteiger charge is 2.27. The second-order valence-electron chi connectivity index (χ2n) is 9.21. The highest BCUT2D eigenvalue weighted by Crippen LogP contribution is 2.34. The van der Waals surface area contributed by atoms with Crippen LogP contribution in [0, 0.1) is 5.92 Å². The Morgan fingerprint density at radius 3 is 2.81 bits per heavy atom. The van der Waals surface area contributed by atoms with Gasteiger partial charge < -0.3 is 19.6 Å². The molecular formula is C24H28N6O2. The molecule has 2 N–H and O–H groups in total. The molecule has 1 saturated carbocycles. The number of rotatable bonds is 4. The van der Waals surface area contributed by atoms with Crippen LogP contribution in [0.3, 0.4) is 0 Å². The topological polar surface area (TPSA) is 92.0 Å². The van der Waals surface area contributed by atoms with Gasteiger partial charge in [-0.2, -0.15) is 0 Å². The van der Waals surface area contributed by atoms with Crippen LogP contribution >= 0.6 is 0 Å². The van der Waals surface area contributed by atoms with Crippen LogP contribution in [0.4, 0.5) is 5.69 Å². The van der Waals surface area contributed by atoms with E-state index < -0.39 is 0 Å². The first-order chi connectivity index (χ1) is 15.7. The van der Waals surface area contributed by atoms with Gasteiger partial charge in [-0.05, 0) is 37.5 Å². The third kappa shape index (κ3) is 3.12. The molecule has 0 radical (unpaired) electrons. The van der Waals surface area contributed by atoms with Crippen LogP contribution in [0.5, 0.6) is 0 Å². The van der Waals surface area contributed by atoms with E-state index >= 15 is 0 Å². The van der Waals surface area contributed by atoms with E-state index in [1.807, 2.05) is 17.1 Å². The summed E-state index contributed by atoms with van der Waals surface area (Å²) in [6, 6.07) is 6.85. The Kier molecular flexibility index (Phi) is 4.75. The van der Waals surface area contributed by atoms with Gasteiger partial charge >= 0.3 is 0 Å². The average Bonchev–Trinajstić information content (AvgIpc) is 3.56. The fourth-order valence-corrected chi connectivity index (χ4v) is 5.51. The first kappa shape index (κ1) is 19.5. The summed E-state index contributed by atoms with van der Waals surface area (Å²) in [5.74, 6) is 0.240. The van der Waals surface area contributed by atoms with Crippen molar-refractivity contribution in [2.24, 2.45) is 5.92 Å². The number of benzene rings is 1. The van der Waals surface area contributed by atoms with Crippen molar-refractivity contribution < 1.29 is 5.11 Å². The van der Waals surface area contributed by atoms with Crippen molar-refractivity contribution in [3.05, 3.63) is 47.4 Å². The Morgan fingerprint density at radius 1 is 1.12 bits per heavy atom. The van der Waals surface area contributed by atoms with Crippen molar-refractivity contribution in [3.8, 4) is 5.69 Å². The van der Waals surface area contributed by atoms with Crippen molar-refractivity contribution >= 4 is 27.8 Å². The first-order valence-corrected chi connectivity index (χ1v) is 11.6. The molecule has 0 spiro atoms. The lowest BCUT2D eigenvalue weighted by atomic mass is 9.95. The number of aliphatic hydroxyl groups is 1. The number of hydrogen-bond acceptors (Lipinski definition) is 5. The molecule has 0 bridgehead atoms. The number of H-pyrrole nitrogens is 1. The maximum absolute atomic E-state index is 12.7. The maximum atomic E-state index is 12.7. The van der Waals surface area contributed by atoms with Gasteiger partial charge in [0.05, 0.1) is 29.4 Å². The second kappa shape index (κ2) is 7.78. The zero-order valence-electron chi connectivity index (χ0n) is 18.1. The van der Waals surface area contributed by atoms with Crippen LogP contribution in [0.25, 0.3) is 27.8 Å². The lowest BCUT2D eigenvalue weighted by molar-refractivity contribution is 0.238.